The minimum Gasteiger partial charge on any atom is -0.311 e. The Kier molecular flexibility index (Phi) is 5.06. The minimum absolute atomic E-state index is 0.0189. The highest BCUT2D eigenvalue weighted by Gasteiger charge is 2.25. The van der Waals surface area contributed by atoms with Gasteiger partial charge in [-0.1, -0.05) is 6.92 Å². The molecule has 0 spiro atoms. The quantitative estimate of drug-likeness (QED) is 0.705. The van der Waals surface area contributed by atoms with E-state index in [9.17, 15) is 13.2 Å². The standard InChI is InChI=1S/C14H18INO3S/c1-2-8-20(18,19)9-7-16-13-5-4-12(15)10-11(13)3-6-14(16)17/h4-5,10H,2-3,6-9H2,1H3. The SMILES string of the molecule is CCCS(=O)(=O)CCN1C(=O)CCc2cc(I)ccc21. The van der Waals surface area contributed by atoms with Crippen LogP contribution < -0.4 is 4.90 Å². The molecule has 0 bridgehead atoms. The van der Waals surface area contributed by atoms with E-state index in [4.69, 9.17) is 0 Å². The van der Waals surface area contributed by atoms with Gasteiger partial charge in [0.1, 0.15) is 0 Å². The van der Waals surface area contributed by atoms with Crippen molar-refractivity contribution in [2.75, 3.05) is 23.0 Å². The number of hydrogen-bond acceptors (Lipinski definition) is 3. The van der Waals surface area contributed by atoms with Crippen molar-refractivity contribution in [2.24, 2.45) is 0 Å². The van der Waals surface area contributed by atoms with Crippen molar-refractivity contribution in [3.8, 4) is 0 Å². The van der Waals surface area contributed by atoms with Gasteiger partial charge >= 0.3 is 0 Å². The number of carbonyl (C=O) groups excluding carboxylic acids is 1. The smallest absolute Gasteiger partial charge is 0.227 e. The summed E-state index contributed by atoms with van der Waals surface area (Å²) in [7, 11) is -3.06. The van der Waals surface area contributed by atoms with Crippen LogP contribution in [0.4, 0.5) is 5.69 Å². The van der Waals surface area contributed by atoms with E-state index in [1.165, 1.54) is 0 Å². The predicted molar refractivity (Wildman–Crippen MR) is 88.8 cm³/mol. The minimum atomic E-state index is -3.06. The Morgan fingerprint density at radius 2 is 2.00 bits per heavy atom. The number of halogens is 1. The fraction of sp³-hybridized carbons (Fsp3) is 0.500. The lowest BCUT2D eigenvalue weighted by molar-refractivity contribution is -0.118. The van der Waals surface area contributed by atoms with Crippen LogP contribution >= 0.6 is 22.6 Å². The molecule has 1 aromatic carbocycles. The molecule has 2 rings (SSSR count). The van der Waals surface area contributed by atoms with E-state index in [1.807, 2.05) is 19.1 Å². The van der Waals surface area contributed by atoms with Crippen LogP contribution in [0.25, 0.3) is 0 Å². The Bertz CT molecular complexity index is 613. The third-order valence-electron chi connectivity index (χ3n) is 3.38. The summed E-state index contributed by atoms with van der Waals surface area (Å²) in [4.78, 5) is 13.7. The molecule has 1 aromatic rings. The molecular formula is C14H18INO3S. The first-order valence-electron chi connectivity index (χ1n) is 6.72. The average molecular weight is 407 g/mol. The molecule has 110 valence electrons. The number of benzene rings is 1. The summed E-state index contributed by atoms with van der Waals surface area (Å²) >= 11 is 2.24. The summed E-state index contributed by atoms with van der Waals surface area (Å²) in [6.07, 6.45) is 1.81. The molecule has 0 atom stereocenters. The Morgan fingerprint density at radius 3 is 2.70 bits per heavy atom. The van der Waals surface area contributed by atoms with Crippen LogP contribution in [0.2, 0.25) is 0 Å². The first-order valence-corrected chi connectivity index (χ1v) is 9.62. The van der Waals surface area contributed by atoms with E-state index in [1.54, 1.807) is 4.90 Å². The van der Waals surface area contributed by atoms with Gasteiger partial charge in [-0.3, -0.25) is 4.79 Å². The molecule has 0 N–H and O–H groups in total. The maximum atomic E-state index is 12.0. The number of aryl methyl sites for hydroxylation is 1. The van der Waals surface area contributed by atoms with Crippen LogP contribution in [0.15, 0.2) is 18.2 Å². The first kappa shape index (κ1) is 15.8. The summed E-state index contributed by atoms with van der Waals surface area (Å²) in [5.74, 6) is 0.248. The lowest BCUT2D eigenvalue weighted by Gasteiger charge is -2.29. The van der Waals surface area contributed by atoms with Gasteiger partial charge in [0.15, 0.2) is 9.84 Å². The second-order valence-electron chi connectivity index (χ2n) is 4.97. The van der Waals surface area contributed by atoms with Crippen molar-refractivity contribution in [3.63, 3.8) is 0 Å². The third kappa shape index (κ3) is 3.72. The van der Waals surface area contributed by atoms with Crippen molar-refractivity contribution < 1.29 is 13.2 Å². The molecule has 1 heterocycles. The number of carbonyl (C=O) groups is 1. The van der Waals surface area contributed by atoms with Crippen LogP contribution in [0.1, 0.15) is 25.3 Å². The number of anilines is 1. The summed E-state index contributed by atoms with van der Waals surface area (Å²) < 4.78 is 24.7. The molecule has 0 saturated heterocycles. The van der Waals surface area contributed by atoms with Gasteiger partial charge in [0, 0.05) is 28.0 Å². The third-order valence-corrected chi connectivity index (χ3v) is 5.89. The van der Waals surface area contributed by atoms with E-state index < -0.39 is 9.84 Å². The van der Waals surface area contributed by atoms with Crippen molar-refractivity contribution in [3.05, 3.63) is 27.3 Å². The number of rotatable bonds is 5. The molecule has 0 radical (unpaired) electrons. The average Bonchev–Trinajstić information content (AvgIpc) is 2.37. The molecule has 20 heavy (non-hydrogen) atoms. The highest BCUT2D eigenvalue weighted by molar-refractivity contribution is 14.1. The zero-order chi connectivity index (χ0) is 14.8. The number of hydrogen-bond donors (Lipinski definition) is 0. The summed E-state index contributed by atoms with van der Waals surface area (Å²) in [6, 6.07) is 5.93. The van der Waals surface area contributed by atoms with Gasteiger partial charge in [-0.05, 0) is 59.2 Å². The number of amides is 1. The number of nitrogens with zero attached hydrogens (tertiary/aromatic N) is 1. The van der Waals surface area contributed by atoms with Crippen LogP contribution in [0, 0.1) is 3.57 Å². The van der Waals surface area contributed by atoms with Crippen LogP contribution in [0.3, 0.4) is 0 Å². The highest BCUT2D eigenvalue weighted by Crippen LogP contribution is 2.29. The first-order chi connectivity index (χ1) is 9.43. The monoisotopic (exact) mass is 407 g/mol. The molecule has 0 aliphatic carbocycles. The normalized spacial score (nSPS) is 15.3. The molecule has 0 saturated carbocycles. The van der Waals surface area contributed by atoms with E-state index >= 15 is 0 Å². The summed E-state index contributed by atoms with van der Waals surface area (Å²) in [5, 5.41) is 0. The molecular weight excluding hydrogens is 389 g/mol. The summed E-state index contributed by atoms with van der Waals surface area (Å²) in [6.45, 7) is 2.11. The second kappa shape index (κ2) is 6.43. The van der Waals surface area contributed by atoms with Gasteiger partial charge < -0.3 is 4.90 Å². The lowest BCUT2D eigenvalue weighted by Crippen LogP contribution is -2.38. The molecule has 0 aromatic heterocycles. The zero-order valence-corrected chi connectivity index (χ0v) is 14.4. The van der Waals surface area contributed by atoms with Gasteiger partial charge in [-0.15, -0.1) is 0 Å². The second-order valence-corrected chi connectivity index (χ2v) is 8.52. The van der Waals surface area contributed by atoms with Crippen molar-refractivity contribution >= 4 is 44.0 Å². The van der Waals surface area contributed by atoms with Gasteiger partial charge in [0.2, 0.25) is 5.91 Å². The van der Waals surface area contributed by atoms with Crippen molar-refractivity contribution in [2.45, 2.75) is 26.2 Å². The maximum absolute atomic E-state index is 12.0. The molecule has 1 amide bonds. The Balaban J connectivity index is 2.18. The molecule has 6 heteroatoms. The van der Waals surface area contributed by atoms with E-state index in [-0.39, 0.29) is 24.0 Å². The fourth-order valence-corrected chi connectivity index (χ4v) is 4.26. The van der Waals surface area contributed by atoms with Crippen LogP contribution in [0.5, 0.6) is 0 Å². The number of sulfone groups is 1. The van der Waals surface area contributed by atoms with E-state index in [0.29, 0.717) is 12.8 Å². The van der Waals surface area contributed by atoms with Crippen molar-refractivity contribution in [1.82, 2.24) is 0 Å². The van der Waals surface area contributed by atoms with Gasteiger partial charge in [0.25, 0.3) is 0 Å². The van der Waals surface area contributed by atoms with Gasteiger partial charge in [0.05, 0.1) is 5.75 Å². The van der Waals surface area contributed by atoms with Crippen LogP contribution in [-0.2, 0) is 21.1 Å². The largest absolute Gasteiger partial charge is 0.311 e. The van der Waals surface area contributed by atoms with E-state index in [2.05, 4.69) is 28.7 Å². The molecule has 1 aliphatic rings. The predicted octanol–water partition coefficient (Wildman–Crippen LogP) is 2.40. The topological polar surface area (TPSA) is 54.5 Å². The Labute approximate surface area is 133 Å². The van der Waals surface area contributed by atoms with Gasteiger partial charge in [-0.25, -0.2) is 8.42 Å². The lowest BCUT2D eigenvalue weighted by atomic mass is 10.0. The highest BCUT2D eigenvalue weighted by atomic mass is 127. The Hall–Kier alpha value is -0.630. The molecule has 0 unspecified atom stereocenters. The maximum Gasteiger partial charge on any atom is 0.227 e. The summed E-state index contributed by atoms with van der Waals surface area (Å²) in [5.41, 5.74) is 2.00. The zero-order valence-electron chi connectivity index (χ0n) is 11.4. The molecule has 1 aliphatic heterocycles. The fourth-order valence-electron chi connectivity index (χ4n) is 2.42. The van der Waals surface area contributed by atoms with Gasteiger partial charge in [-0.2, -0.15) is 0 Å². The van der Waals surface area contributed by atoms with Crippen molar-refractivity contribution in [1.29, 1.82) is 0 Å². The van der Waals surface area contributed by atoms with Crippen LogP contribution in [-0.4, -0.2) is 32.4 Å². The number of fused-ring (bicyclic) bond motifs is 1. The molecule has 0 fully saturated rings. The van der Waals surface area contributed by atoms with E-state index in [0.717, 1.165) is 21.2 Å². The Morgan fingerprint density at radius 1 is 1.25 bits per heavy atom. The molecule has 4 nitrogen and oxygen atoms in total.